The molecule has 1 N–H and O–H groups in total. The van der Waals surface area contributed by atoms with E-state index in [4.69, 9.17) is 18.9 Å². The molecule has 1 atom stereocenters. The minimum atomic E-state index is -0.0311. The zero-order valence-electron chi connectivity index (χ0n) is 17.2. The van der Waals surface area contributed by atoms with Gasteiger partial charge in [-0.25, -0.2) is 0 Å². The van der Waals surface area contributed by atoms with Crippen LogP contribution < -0.4 is 18.9 Å². The minimum absolute atomic E-state index is 0.0311. The Labute approximate surface area is 188 Å². The highest BCUT2D eigenvalue weighted by Crippen LogP contribution is 2.40. The number of nitrogens with zero attached hydrogens (tertiary/aromatic N) is 2. The van der Waals surface area contributed by atoms with Crippen LogP contribution >= 0.6 is 11.8 Å². The third-order valence-electron chi connectivity index (χ3n) is 5.87. The number of hydrogen-bond donors (Lipinski definition) is 1. The van der Waals surface area contributed by atoms with E-state index in [1.807, 2.05) is 40.9 Å². The van der Waals surface area contributed by atoms with Crippen LogP contribution in [0.25, 0.3) is 11.3 Å². The van der Waals surface area contributed by atoms with E-state index in [-0.39, 0.29) is 19.5 Å². The lowest BCUT2D eigenvalue weighted by Gasteiger charge is -2.19. The molecule has 0 spiro atoms. The number of hydrogen-bond acceptors (Lipinski definition) is 7. The molecule has 4 heterocycles. The number of carbonyl (C=O) groups is 1. The van der Waals surface area contributed by atoms with Crippen molar-refractivity contribution < 1.29 is 23.7 Å². The normalized spacial score (nSPS) is 19.1. The van der Waals surface area contributed by atoms with Crippen LogP contribution in [0.5, 0.6) is 23.0 Å². The monoisotopic (exact) mass is 451 g/mol. The van der Waals surface area contributed by atoms with Crippen LogP contribution in [-0.4, -0.2) is 53.4 Å². The molecule has 9 heteroatoms. The molecule has 0 bridgehead atoms. The van der Waals surface area contributed by atoms with Gasteiger partial charge in [-0.05, 0) is 48.4 Å². The topological polar surface area (TPSA) is 85.9 Å². The summed E-state index contributed by atoms with van der Waals surface area (Å²) in [5.74, 6) is 3.85. The third kappa shape index (κ3) is 3.52. The molecule has 3 aliphatic heterocycles. The molecule has 1 fully saturated rings. The standard InChI is InChI=1S/C23H21N3O5S/c27-23(17-11-16(24-25-17)14-1-3-18-20(9-14)30-12-28-18)26-6-5-22(32-8-7-26)15-2-4-19-21(10-15)31-13-29-19/h1-4,9-11,22H,5-8,12-13H2,(H,24,25). The fourth-order valence-electron chi connectivity index (χ4n) is 4.16. The first-order valence-electron chi connectivity index (χ1n) is 10.5. The molecule has 6 rings (SSSR count). The zero-order valence-corrected chi connectivity index (χ0v) is 18.0. The lowest BCUT2D eigenvalue weighted by atomic mass is 10.1. The summed E-state index contributed by atoms with van der Waals surface area (Å²) in [5, 5.41) is 7.57. The molecule has 8 nitrogen and oxygen atoms in total. The van der Waals surface area contributed by atoms with Crippen molar-refractivity contribution in [3.05, 3.63) is 53.7 Å². The van der Waals surface area contributed by atoms with E-state index in [2.05, 4.69) is 22.3 Å². The molecular weight excluding hydrogens is 430 g/mol. The van der Waals surface area contributed by atoms with Gasteiger partial charge in [0.05, 0.1) is 5.69 Å². The first-order chi connectivity index (χ1) is 15.7. The molecule has 1 saturated heterocycles. The highest BCUT2D eigenvalue weighted by Gasteiger charge is 2.26. The van der Waals surface area contributed by atoms with Gasteiger partial charge in [-0.3, -0.25) is 9.89 Å². The number of aromatic amines is 1. The Balaban J connectivity index is 1.15. The van der Waals surface area contributed by atoms with Gasteiger partial charge in [0, 0.05) is 29.7 Å². The number of H-pyrrole nitrogens is 1. The van der Waals surface area contributed by atoms with Crippen LogP contribution in [0.2, 0.25) is 0 Å². The minimum Gasteiger partial charge on any atom is -0.454 e. The van der Waals surface area contributed by atoms with Crippen molar-refractivity contribution >= 4 is 17.7 Å². The van der Waals surface area contributed by atoms with E-state index in [0.717, 1.165) is 35.0 Å². The fourth-order valence-corrected chi connectivity index (χ4v) is 5.38. The fraction of sp³-hybridized carbons (Fsp3) is 0.304. The van der Waals surface area contributed by atoms with E-state index in [9.17, 15) is 4.79 Å². The number of thioether (sulfide) groups is 1. The van der Waals surface area contributed by atoms with Crippen LogP contribution in [0.3, 0.4) is 0 Å². The van der Waals surface area contributed by atoms with Crippen molar-refractivity contribution in [2.45, 2.75) is 11.7 Å². The molecule has 32 heavy (non-hydrogen) atoms. The first kappa shape index (κ1) is 19.4. The van der Waals surface area contributed by atoms with Crippen molar-refractivity contribution in [2.75, 3.05) is 32.4 Å². The Morgan fingerprint density at radius 2 is 1.69 bits per heavy atom. The molecule has 0 aliphatic carbocycles. The average molecular weight is 452 g/mol. The number of rotatable bonds is 3. The van der Waals surface area contributed by atoms with Crippen molar-refractivity contribution in [1.82, 2.24) is 15.1 Å². The lowest BCUT2D eigenvalue weighted by Crippen LogP contribution is -2.33. The van der Waals surface area contributed by atoms with Crippen molar-refractivity contribution in [3.63, 3.8) is 0 Å². The van der Waals surface area contributed by atoms with E-state index in [0.29, 0.717) is 35.5 Å². The maximum Gasteiger partial charge on any atom is 0.271 e. The molecule has 3 aliphatic rings. The number of amides is 1. The maximum atomic E-state index is 13.1. The summed E-state index contributed by atoms with van der Waals surface area (Å²) in [6.07, 6.45) is 0.874. The maximum absolute atomic E-state index is 13.1. The van der Waals surface area contributed by atoms with Crippen LogP contribution in [0.1, 0.15) is 27.7 Å². The summed E-state index contributed by atoms with van der Waals surface area (Å²) < 4.78 is 21.7. The third-order valence-corrected chi connectivity index (χ3v) is 7.20. The smallest absolute Gasteiger partial charge is 0.271 e. The molecule has 164 valence electrons. The van der Waals surface area contributed by atoms with Crippen LogP contribution in [0.15, 0.2) is 42.5 Å². The number of fused-ring (bicyclic) bond motifs is 2. The Kier molecular flexibility index (Phi) is 4.83. The Morgan fingerprint density at radius 1 is 0.938 bits per heavy atom. The van der Waals surface area contributed by atoms with E-state index >= 15 is 0 Å². The number of nitrogens with one attached hydrogen (secondary N) is 1. The quantitative estimate of drug-likeness (QED) is 0.647. The highest BCUT2D eigenvalue weighted by atomic mass is 32.2. The number of benzene rings is 2. The first-order valence-corrected chi connectivity index (χ1v) is 11.6. The van der Waals surface area contributed by atoms with Gasteiger partial charge < -0.3 is 23.8 Å². The van der Waals surface area contributed by atoms with Gasteiger partial charge in [-0.2, -0.15) is 16.9 Å². The van der Waals surface area contributed by atoms with Gasteiger partial charge in [0.25, 0.3) is 5.91 Å². The van der Waals surface area contributed by atoms with Crippen molar-refractivity contribution in [2.24, 2.45) is 0 Å². The summed E-state index contributed by atoms with van der Waals surface area (Å²) >= 11 is 1.87. The molecule has 1 amide bonds. The summed E-state index contributed by atoms with van der Waals surface area (Å²) in [6, 6.07) is 13.6. The predicted molar refractivity (Wildman–Crippen MR) is 118 cm³/mol. The summed E-state index contributed by atoms with van der Waals surface area (Å²) in [4.78, 5) is 15.0. The molecule has 3 aromatic rings. The number of aromatic nitrogens is 2. The van der Waals surface area contributed by atoms with Gasteiger partial charge in [0.2, 0.25) is 13.6 Å². The van der Waals surface area contributed by atoms with Crippen molar-refractivity contribution in [3.8, 4) is 34.3 Å². The Bertz CT molecular complexity index is 1180. The van der Waals surface area contributed by atoms with Gasteiger partial charge in [-0.15, -0.1) is 0 Å². The van der Waals surface area contributed by atoms with Crippen molar-refractivity contribution in [1.29, 1.82) is 0 Å². The Morgan fingerprint density at radius 3 is 2.53 bits per heavy atom. The zero-order chi connectivity index (χ0) is 21.5. The second-order valence-electron chi connectivity index (χ2n) is 7.79. The van der Waals surface area contributed by atoms with Crippen LogP contribution in [0.4, 0.5) is 0 Å². The SMILES string of the molecule is O=C(c1cc(-c2ccc3c(c2)OCO3)n[nH]1)N1CCSC(c2ccc3c(c2)OCO3)CC1. The summed E-state index contributed by atoms with van der Waals surface area (Å²) in [5.41, 5.74) is 3.28. The number of ether oxygens (including phenoxy) is 4. The summed E-state index contributed by atoms with van der Waals surface area (Å²) in [7, 11) is 0. The van der Waals surface area contributed by atoms with E-state index < -0.39 is 0 Å². The van der Waals surface area contributed by atoms with Gasteiger partial charge >= 0.3 is 0 Å². The Hall–Kier alpha value is -3.33. The molecule has 0 saturated carbocycles. The lowest BCUT2D eigenvalue weighted by molar-refractivity contribution is 0.0760. The average Bonchev–Trinajstić information content (AvgIpc) is 3.55. The van der Waals surface area contributed by atoms with E-state index in [1.165, 1.54) is 5.56 Å². The second-order valence-corrected chi connectivity index (χ2v) is 9.10. The molecule has 0 radical (unpaired) electrons. The van der Waals surface area contributed by atoms with Gasteiger partial charge in [0.1, 0.15) is 5.69 Å². The molecule has 2 aromatic carbocycles. The molecular formula is C23H21N3O5S. The number of carbonyl (C=O) groups excluding carboxylic acids is 1. The summed E-state index contributed by atoms with van der Waals surface area (Å²) in [6.45, 7) is 1.88. The van der Waals surface area contributed by atoms with Gasteiger partial charge in [0.15, 0.2) is 23.0 Å². The highest BCUT2D eigenvalue weighted by molar-refractivity contribution is 7.99. The van der Waals surface area contributed by atoms with Crippen LogP contribution in [0, 0.1) is 0 Å². The largest absolute Gasteiger partial charge is 0.454 e. The molecule has 1 aromatic heterocycles. The molecule has 1 unspecified atom stereocenters. The van der Waals surface area contributed by atoms with E-state index in [1.54, 1.807) is 6.07 Å². The second kappa shape index (κ2) is 7.98. The predicted octanol–water partition coefficient (Wildman–Crippen LogP) is 3.85. The van der Waals surface area contributed by atoms with Gasteiger partial charge in [-0.1, -0.05) is 6.07 Å². The van der Waals surface area contributed by atoms with Crippen LogP contribution in [-0.2, 0) is 0 Å².